The van der Waals surface area contributed by atoms with Gasteiger partial charge in [-0.05, 0) is 54.8 Å². The van der Waals surface area contributed by atoms with Crippen molar-refractivity contribution in [2.24, 2.45) is 0 Å². The highest BCUT2D eigenvalue weighted by Gasteiger charge is 2.31. The topological polar surface area (TPSA) is 63.6 Å². The monoisotopic (exact) mass is 430 g/mol. The number of aryl methyl sites for hydroxylation is 1. The van der Waals surface area contributed by atoms with Gasteiger partial charge in [0.25, 0.3) is 5.56 Å². The predicted molar refractivity (Wildman–Crippen MR) is 131 cm³/mol. The van der Waals surface area contributed by atoms with Crippen LogP contribution in [0.15, 0.2) is 89.7 Å². The van der Waals surface area contributed by atoms with Gasteiger partial charge in [-0.15, -0.1) is 0 Å². The van der Waals surface area contributed by atoms with Crippen molar-refractivity contribution in [3.05, 3.63) is 124 Å². The van der Waals surface area contributed by atoms with E-state index < -0.39 is 0 Å². The summed E-state index contributed by atoms with van der Waals surface area (Å²) in [6, 6.07) is 27.7. The lowest BCUT2D eigenvalue weighted by molar-refractivity contribution is 0.708. The van der Waals surface area contributed by atoms with Gasteiger partial charge in [-0.3, -0.25) is 14.5 Å². The van der Waals surface area contributed by atoms with Gasteiger partial charge >= 0.3 is 0 Å². The molecule has 0 fully saturated rings. The van der Waals surface area contributed by atoms with E-state index in [0.29, 0.717) is 10.9 Å². The first-order chi connectivity index (χ1) is 16.2. The van der Waals surface area contributed by atoms with Crippen molar-refractivity contribution in [2.75, 3.05) is 0 Å². The second-order valence-corrected chi connectivity index (χ2v) is 8.40. The van der Waals surface area contributed by atoms with Crippen LogP contribution in [0, 0.1) is 6.92 Å². The number of aromatic nitrogens is 4. The Labute approximate surface area is 191 Å². The molecule has 0 saturated heterocycles. The molecule has 5 heteroatoms. The van der Waals surface area contributed by atoms with Crippen molar-refractivity contribution < 1.29 is 0 Å². The number of H-pyrrole nitrogens is 1. The number of fused-ring (bicyclic) bond motifs is 2. The fourth-order valence-electron chi connectivity index (χ4n) is 4.84. The molecule has 6 rings (SSSR count). The standard InChI is InChI=1S/C28H22N4O/c1-18-26-23(16-20(17-25(26)31-30-18)19-10-4-2-5-11-19)27-29-24-15-9-8-14-22(24)28(33)32(27)21-12-6-3-7-13-21/h2-15,17,23H,16H2,1H3,(H,30,31). The van der Waals surface area contributed by atoms with Gasteiger partial charge in [-0.25, -0.2) is 4.98 Å². The van der Waals surface area contributed by atoms with E-state index in [1.54, 1.807) is 4.57 Å². The van der Waals surface area contributed by atoms with Gasteiger partial charge in [0, 0.05) is 11.3 Å². The summed E-state index contributed by atoms with van der Waals surface area (Å²) in [4.78, 5) is 18.8. The maximum atomic E-state index is 13.8. The van der Waals surface area contributed by atoms with E-state index in [4.69, 9.17) is 4.98 Å². The fourth-order valence-corrected chi connectivity index (χ4v) is 4.84. The quantitative estimate of drug-likeness (QED) is 0.411. The molecule has 2 heterocycles. The summed E-state index contributed by atoms with van der Waals surface area (Å²) < 4.78 is 1.77. The highest BCUT2D eigenvalue weighted by atomic mass is 16.1. The van der Waals surface area contributed by atoms with E-state index in [1.165, 1.54) is 5.57 Å². The van der Waals surface area contributed by atoms with Gasteiger partial charge in [0.2, 0.25) is 0 Å². The minimum absolute atomic E-state index is 0.0553. The normalized spacial score (nSPS) is 15.3. The largest absolute Gasteiger partial charge is 0.282 e. The summed E-state index contributed by atoms with van der Waals surface area (Å²) >= 11 is 0. The van der Waals surface area contributed by atoms with Gasteiger partial charge in [0.05, 0.1) is 28.2 Å². The minimum Gasteiger partial charge on any atom is -0.282 e. The third-order valence-corrected chi connectivity index (χ3v) is 6.38. The molecule has 2 aromatic heterocycles. The minimum atomic E-state index is -0.114. The zero-order valence-corrected chi connectivity index (χ0v) is 18.2. The Morgan fingerprint density at radius 1 is 0.909 bits per heavy atom. The lowest BCUT2D eigenvalue weighted by Crippen LogP contribution is -2.27. The van der Waals surface area contributed by atoms with Crippen LogP contribution in [0.1, 0.15) is 40.7 Å². The Morgan fingerprint density at radius 3 is 2.39 bits per heavy atom. The SMILES string of the molecule is Cc1[nH]nc2c1C(c1nc3ccccc3c(=O)n1-c1ccccc1)CC(c1ccccc1)=C2. The molecular formula is C28H22N4O. The average Bonchev–Trinajstić information content (AvgIpc) is 3.25. The van der Waals surface area contributed by atoms with Crippen LogP contribution in [-0.4, -0.2) is 19.7 Å². The molecule has 5 nitrogen and oxygen atoms in total. The van der Waals surface area contributed by atoms with Crippen LogP contribution in [0.4, 0.5) is 0 Å². The van der Waals surface area contributed by atoms with E-state index in [2.05, 4.69) is 28.4 Å². The second-order valence-electron chi connectivity index (χ2n) is 8.40. The van der Waals surface area contributed by atoms with Crippen molar-refractivity contribution in [1.29, 1.82) is 0 Å². The second kappa shape index (κ2) is 7.71. The first kappa shape index (κ1) is 19.4. The molecule has 160 valence electrons. The zero-order chi connectivity index (χ0) is 22.4. The maximum Gasteiger partial charge on any atom is 0.265 e. The van der Waals surface area contributed by atoms with Crippen molar-refractivity contribution in [3.63, 3.8) is 0 Å². The third-order valence-electron chi connectivity index (χ3n) is 6.38. The number of rotatable bonds is 3. The number of para-hydroxylation sites is 2. The van der Waals surface area contributed by atoms with Crippen molar-refractivity contribution >= 4 is 22.6 Å². The molecule has 0 bridgehead atoms. The number of benzene rings is 3. The van der Waals surface area contributed by atoms with Gasteiger partial charge < -0.3 is 0 Å². The Morgan fingerprint density at radius 2 is 1.61 bits per heavy atom. The third kappa shape index (κ3) is 3.21. The average molecular weight is 431 g/mol. The molecule has 3 aromatic carbocycles. The lowest BCUT2D eigenvalue weighted by atomic mass is 9.82. The molecule has 0 saturated carbocycles. The Hall–Kier alpha value is -4.25. The summed E-state index contributed by atoms with van der Waals surface area (Å²) in [6.07, 6.45) is 2.88. The first-order valence-electron chi connectivity index (χ1n) is 11.1. The number of nitrogens with zero attached hydrogens (tertiary/aromatic N) is 3. The highest BCUT2D eigenvalue weighted by molar-refractivity contribution is 5.85. The number of aromatic amines is 1. The van der Waals surface area contributed by atoms with E-state index >= 15 is 0 Å². The van der Waals surface area contributed by atoms with Crippen molar-refractivity contribution in [1.82, 2.24) is 19.7 Å². The van der Waals surface area contributed by atoms with Crippen LogP contribution in [0.3, 0.4) is 0 Å². The molecular weight excluding hydrogens is 408 g/mol. The number of hydrogen-bond acceptors (Lipinski definition) is 3. The number of nitrogens with one attached hydrogen (secondary N) is 1. The molecule has 1 unspecified atom stereocenters. The first-order valence-corrected chi connectivity index (χ1v) is 11.1. The lowest BCUT2D eigenvalue weighted by Gasteiger charge is -2.26. The van der Waals surface area contributed by atoms with E-state index in [9.17, 15) is 4.79 Å². The molecule has 1 atom stereocenters. The Bertz CT molecular complexity index is 1560. The molecule has 33 heavy (non-hydrogen) atoms. The van der Waals surface area contributed by atoms with Gasteiger partial charge in [-0.1, -0.05) is 60.7 Å². The van der Waals surface area contributed by atoms with Crippen LogP contribution in [-0.2, 0) is 0 Å². The summed E-state index contributed by atoms with van der Waals surface area (Å²) in [5, 5.41) is 8.35. The smallest absolute Gasteiger partial charge is 0.265 e. The maximum absolute atomic E-state index is 13.8. The predicted octanol–water partition coefficient (Wildman–Crippen LogP) is 5.49. The highest BCUT2D eigenvalue weighted by Crippen LogP contribution is 2.42. The molecule has 0 spiro atoms. The summed E-state index contributed by atoms with van der Waals surface area (Å²) in [6.45, 7) is 2.03. The molecule has 1 aliphatic carbocycles. The zero-order valence-electron chi connectivity index (χ0n) is 18.2. The molecule has 0 amide bonds. The summed E-state index contributed by atoms with van der Waals surface area (Å²) in [5.41, 5.74) is 6.81. The van der Waals surface area contributed by atoms with E-state index in [1.807, 2.05) is 79.7 Å². The summed E-state index contributed by atoms with van der Waals surface area (Å²) in [7, 11) is 0. The van der Waals surface area contributed by atoms with Crippen LogP contribution < -0.4 is 5.56 Å². The van der Waals surface area contributed by atoms with Crippen LogP contribution in [0.2, 0.25) is 0 Å². The van der Waals surface area contributed by atoms with Gasteiger partial charge in [0.1, 0.15) is 5.82 Å². The molecule has 1 aliphatic rings. The molecule has 0 aliphatic heterocycles. The number of hydrogen-bond donors (Lipinski definition) is 1. The van der Waals surface area contributed by atoms with Crippen LogP contribution in [0.25, 0.3) is 28.2 Å². The molecule has 1 N–H and O–H groups in total. The van der Waals surface area contributed by atoms with Gasteiger partial charge in [0.15, 0.2) is 0 Å². The van der Waals surface area contributed by atoms with E-state index in [0.717, 1.165) is 40.4 Å². The van der Waals surface area contributed by atoms with Gasteiger partial charge in [-0.2, -0.15) is 5.10 Å². The number of allylic oxidation sites excluding steroid dienone is 1. The Balaban J connectivity index is 1.64. The van der Waals surface area contributed by atoms with Crippen LogP contribution >= 0.6 is 0 Å². The Kier molecular flexibility index (Phi) is 4.54. The fraction of sp³-hybridized carbons (Fsp3) is 0.107. The molecule has 0 radical (unpaired) electrons. The van der Waals surface area contributed by atoms with Crippen molar-refractivity contribution in [3.8, 4) is 5.69 Å². The van der Waals surface area contributed by atoms with Crippen LogP contribution in [0.5, 0.6) is 0 Å². The molecule has 5 aromatic rings. The van der Waals surface area contributed by atoms with E-state index in [-0.39, 0.29) is 11.5 Å². The van der Waals surface area contributed by atoms with Crippen molar-refractivity contribution in [2.45, 2.75) is 19.3 Å². The summed E-state index contributed by atoms with van der Waals surface area (Å²) in [5.74, 6) is 0.619.